The van der Waals surface area contributed by atoms with Crippen molar-refractivity contribution in [3.8, 4) is 0 Å². The fraction of sp³-hybridized carbons (Fsp3) is 0.818. The molecular formula is C11H14S. The highest BCUT2D eigenvalue weighted by Crippen LogP contribution is 2.65. The molecule has 1 heterocycles. The molecule has 1 aliphatic heterocycles. The van der Waals surface area contributed by atoms with Gasteiger partial charge in [0.1, 0.15) is 0 Å². The van der Waals surface area contributed by atoms with E-state index < -0.39 is 0 Å². The highest BCUT2D eigenvalue weighted by molar-refractivity contribution is 7.99. The molecule has 0 aromatic heterocycles. The van der Waals surface area contributed by atoms with Crippen molar-refractivity contribution < 1.29 is 0 Å². The fourth-order valence-electron chi connectivity index (χ4n) is 3.96. The molecular weight excluding hydrogens is 164 g/mol. The van der Waals surface area contributed by atoms with Crippen LogP contribution < -0.4 is 0 Å². The molecule has 0 spiro atoms. The molecule has 1 saturated heterocycles. The normalized spacial score (nSPS) is 64.7. The van der Waals surface area contributed by atoms with Gasteiger partial charge in [-0.15, -0.1) is 0 Å². The minimum Gasteiger partial charge on any atom is -0.161 e. The third-order valence-electron chi connectivity index (χ3n) is 4.59. The van der Waals surface area contributed by atoms with E-state index in [2.05, 4.69) is 23.9 Å². The van der Waals surface area contributed by atoms with Gasteiger partial charge >= 0.3 is 0 Å². The third kappa shape index (κ3) is 0.606. The number of hydrogen-bond acceptors (Lipinski definition) is 1. The molecule has 2 bridgehead atoms. The molecule has 0 unspecified atom stereocenters. The predicted molar refractivity (Wildman–Crippen MR) is 52.0 cm³/mol. The van der Waals surface area contributed by atoms with Gasteiger partial charge in [-0.05, 0) is 53.4 Å². The minimum absolute atomic E-state index is 1.01. The summed E-state index contributed by atoms with van der Waals surface area (Å²) in [4.78, 5) is 0. The summed E-state index contributed by atoms with van der Waals surface area (Å²) in [5.74, 6) is 9.43. The van der Waals surface area contributed by atoms with Crippen LogP contribution in [0.1, 0.15) is 6.42 Å². The van der Waals surface area contributed by atoms with Crippen LogP contribution in [-0.2, 0) is 0 Å². The molecule has 0 aromatic rings. The van der Waals surface area contributed by atoms with Gasteiger partial charge in [-0.25, -0.2) is 0 Å². The lowest BCUT2D eigenvalue weighted by Crippen LogP contribution is -2.37. The maximum Gasteiger partial charge on any atom is -0.00301 e. The van der Waals surface area contributed by atoms with Crippen LogP contribution in [0.2, 0.25) is 0 Å². The first-order valence-corrected chi connectivity index (χ1v) is 6.37. The molecule has 64 valence electrons. The van der Waals surface area contributed by atoms with Gasteiger partial charge in [0.15, 0.2) is 0 Å². The number of thioether (sulfide) groups is 1. The van der Waals surface area contributed by atoms with Crippen molar-refractivity contribution in [2.45, 2.75) is 6.42 Å². The van der Waals surface area contributed by atoms with E-state index in [0.717, 1.165) is 35.5 Å². The second kappa shape index (κ2) is 1.95. The van der Waals surface area contributed by atoms with Crippen LogP contribution in [0.3, 0.4) is 0 Å². The molecule has 1 heteroatoms. The van der Waals surface area contributed by atoms with Gasteiger partial charge in [-0.3, -0.25) is 0 Å². The van der Waals surface area contributed by atoms with Crippen LogP contribution in [0.25, 0.3) is 0 Å². The zero-order chi connectivity index (χ0) is 7.71. The highest BCUT2D eigenvalue weighted by atomic mass is 32.2. The topological polar surface area (TPSA) is 0 Å². The SMILES string of the molecule is C1=C[C@@H]2[C@H]3CSC[C@@H]3[C@@H]1[C@H]1C[C@@H]21. The molecule has 12 heavy (non-hydrogen) atoms. The van der Waals surface area contributed by atoms with Gasteiger partial charge in [-0.2, -0.15) is 11.8 Å². The van der Waals surface area contributed by atoms with Crippen LogP contribution in [0.15, 0.2) is 12.2 Å². The Morgan fingerprint density at radius 3 is 2.00 bits per heavy atom. The number of allylic oxidation sites excluding steroid dienone is 2. The lowest BCUT2D eigenvalue weighted by atomic mass is 9.64. The van der Waals surface area contributed by atoms with Crippen molar-refractivity contribution in [2.24, 2.45) is 35.5 Å². The van der Waals surface area contributed by atoms with Crippen LogP contribution in [0.5, 0.6) is 0 Å². The molecule has 0 amide bonds. The zero-order valence-electron chi connectivity index (χ0n) is 7.15. The van der Waals surface area contributed by atoms with Crippen LogP contribution in [0.4, 0.5) is 0 Å². The summed E-state index contributed by atoms with van der Waals surface area (Å²) in [6.45, 7) is 0. The first-order valence-electron chi connectivity index (χ1n) is 5.21. The van der Waals surface area contributed by atoms with E-state index in [1.165, 1.54) is 11.5 Å². The molecule has 5 aliphatic rings. The predicted octanol–water partition coefficient (Wildman–Crippen LogP) is 2.42. The summed E-state index contributed by atoms with van der Waals surface area (Å²) in [6, 6.07) is 0. The minimum atomic E-state index is 1.01. The van der Waals surface area contributed by atoms with Crippen LogP contribution in [-0.4, -0.2) is 11.5 Å². The average molecular weight is 178 g/mol. The fourth-order valence-corrected chi connectivity index (χ4v) is 5.58. The molecule has 2 saturated carbocycles. The van der Waals surface area contributed by atoms with Gasteiger partial charge in [0.05, 0.1) is 0 Å². The summed E-state index contributed by atoms with van der Waals surface area (Å²) >= 11 is 2.21. The standard InChI is InChI=1S/C11H14S/c1-2-7-9-3-8(9)6(1)10-4-12-5-11(7)10/h1-2,6-11H,3-5H2/t6-,7-,8-,9+,10+,11+/m0/s1. The Morgan fingerprint density at radius 2 is 1.42 bits per heavy atom. The summed E-state index contributed by atoms with van der Waals surface area (Å²) < 4.78 is 0. The number of rotatable bonds is 0. The van der Waals surface area contributed by atoms with E-state index >= 15 is 0 Å². The van der Waals surface area contributed by atoms with Crippen molar-refractivity contribution in [1.29, 1.82) is 0 Å². The lowest BCUT2D eigenvalue weighted by Gasteiger charge is -2.40. The number of hydrogen-bond donors (Lipinski definition) is 0. The molecule has 5 rings (SSSR count). The van der Waals surface area contributed by atoms with Gasteiger partial charge < -0.3 is 0 Å². The van der Waals surface area contributed by atoms with Crippen LogP contribution in [0, 0.1) is 35.5 Å². The quantitative estimate of drug-likeness (QED) is 0.513. The van der Waals surface area contributed by atoms with Gasteiger partial charge in [0.2, 0.25) is 0 Å². The summed E-state index contributed by atoms with van der Waals surface area (Å²) in [7, 11) is 0. The summed E-state index contributed by atoms with van der Waals surface area (Å²) in [5, 5.41) is 0. The Bertz CT molecular complexity index is 234. The molecule has 0 nitrogen and oxygen atoms in total. The smallest absolute Gasteiger partial charge is 0.00301 e. The Kier molecular flexibility index (Phi) is 1.06. The van der Waals surface area contributed by atoms with Crippen molar-refractivity contribution in [3.05, 3.63) is 12.2 Å². The third-order valence-corrected chi connectivity index (χ3v) is 5.84. The second-order valence-electron chi connectivity index (χ2n) is 4.97. The van der Waals surface area contributed by atoms with E-state index in [1.54, 1.807) is 6.42 Å². The van der Waals surface area contributed by atoms with E-state index in [-0.39, 0.29) is 0 Å². The molecule has 0 radical (unpaired) electrons. The van der Waals surface area contributed by atoms with Crippen LogP contribution >= 0.6 is 11.8 Å². The molecule has 3 fully saturated rings. The van der Waals surface area contributed by atoms with Crippen molar-refractivity contribution in [1.82, 2.24) is 0 Å². The van der Waals surface area contributed by atoms with E-state index in [0.29, 0.717) is 0 Å². The molecule has 0 aromatic carbocycles. The Balaban J connectivity index is 1.83. The highest BCUT2D eigenvalue weighted by Gasteiger charge is 2.59. The monoisotopic (exact) mass is 178 g/mol. The lowest BCUT2D eigenvalue weighted by molar-refractivity contribution is 0.156. The van der Waals surface area contributed by atoms with Crippen molar-refractivity contribution in [3.63, 3.8) is 0 Å². The first-order chi connectivity index (χ1) is 5.95. The van der Waals surface area contributed by atoms with Gasteiger partial charge in [0, 0.05) is 0 Å². The van der Waals surface area contributed by atoms with E-state index in [4.69, 9.17) is 0 Å². The van der Waals surface area contributed by atoms with Crippen molar-refractivity contribution >= 4 is 11.8 Å². The summed E-state index contributed by atoms with van der Waals surface area (Å²) in [5.41, 5.74) is 0. The van der Waals surface area contributed by atoms with E-state index in [1.807, 2.05) is 0 Å². The Morgan fingerprint density at radius 1 is 0.833 bits per heavy atom. The maximum atomic E-state index is 2.56. The zero-order valence-corrected chi connectivity index (χ0v) is 7.96. The maximum absolute atomic E-state index is 2.56. The Hall–Kier alpha value is 0.0900. The van der Waals surface area contributed by atoms with E-state index in [9.17, 15) is 0 Å². The Labute approximate surface area is 77.8 Å². The van der Waals surface area contributed by atoms with Gasteiger partial charge in [0.25, 0.3) is 0 Å². The van der Waals surface area contributed by atoms with Crippen molar-refractivity contribution in [2.75, 3.05) is 11.5 Å². The second-order valence-corrected chi connectivity index (χ2v) is 6.04. The van der Waals surface area contributed by atoms with Gasteiger partial charge in [-0.1, -0.05) is 12.2 Å². The molecule has 6 atom stereocenters. The largest absolute Gasteiger partial charge is 0.161 e. The molecule has 4 aliphatic carbocycles. The first kappa shape index (κ1) is 6.53. The molecule has 0 N–H and O–H groups in total. The summed E-state index contributed by atoms with van der Waals surface area (Å²) in [6.07, 6.45) is 6.69. The average Bonchev–Trinajstić information content (AvgIpc) is 2.77.